The average Bonchev–Trinajstić information content (AvgIpc) is 3.41. The Morgan fingerprint density at radius 2 is 2.04 bits per heavy atom. The minimum absolute atomic E-state index is 0.0519. The van der Waals surface area contributed by atoms with Crippen LogP contribution in [0.2, 0.25) is 0 Å². The predicted molar refractivity (Wildman–Crippen MR) is 95.1 cm³/mol. The Kier molecular flexibility index (Phi) is 4.83. The fourth-order valence-electron chi connectivity index (χ4n) is 3.36. The minimum atomic E-state index is -3.82. The molecule has 0 unspecified atom stereocenters. The van der Waals surface area contributed by atoms with Gasteiger partial charge in [-0.15, -0.1) is 10.2 Å². The van der Waals surface area contributed by atoms with Crippen LogP contribution in [-0.4, -0.2) is 28.3 Å². The quantitative estimate of drug-likeness (QED) is 0.687. The van der Waals surface area contributed by atoms with Crippen LogP contribution in [-0.2, 0) is 16.6 Å². The molecule has 27 heavy (non-hydrogen) atoms. The van der Waals surface area contributed by atoms with E-state index in [0.717, 1.165) is 12.8 Å². The van der Waals surface area contributed by atoms with Crippen molar-refractivity contribution in [2.24, 2.45) is 0 Å². The summed E-state index contributed by atoms with van der Waals surface area (Å²) in [5, 5.41) is 11.6. The molecule has 0 spiro atoms. The first-order chi connectivity index (χ1) is 13.0. The van der Waals surface area contributed by atoms with Gasteiger partial charge in [-0.05, 0) is 31.9 Å². The Hall–Kier alpha value is -2.46. The van der Waals surface area contributed by atoms with E-state index in [1.54, 1.807) is 25.4 Å². The van der Waals surface area contributed by atoms with Crippen molar-refractivity contribution in [2.75, 3.05) is 0 Å². The highest BCUT2D eigenvalue weighted by atomic mass is 32.2. The van der Waals surface area contributed by atoms with E-state index in [-0.39, 0.29) is 11.6 Å². The summed E-state index contributed by atoms with van der Waals surface area (Å²) < 4.78 is 40.2. The van der Waals surface area contributed by atoms with Gasteiger partial charge in [0.2, 0.25) is 10.9 Å². The Labute approximate surface area is 156 Å². The van der Waals surface area contributed by atoms with E-state index >= 15 is 0 Å². The van der Waals surface area contributed by atoms with Crippen molar-refractivity contribution < 1.29 is 17.4 Å². The highest BCUT2D eigenvalue weighted by molar-refractivity contribution is 7.89. The van der Waals surface area contributed by atoms with Crippen molar-refractivity contribution in [3.63, 3.8) is 0 Å². The van der Waals surface area contributed by atoms with Crippen molar-refractivity contribution >= 4 is 10.0 Å². The van der Waals surface area contributed by atoms with Gasteiger partial charge in [-0.25, -0.2) is 13.1 Å². The summed E-state index contributed by atoms with van der Waals surface area (Å²) in [6.07, 6.45) is 7.39. The molecule has 0 atom stereocenters. The van der Waals surface area contributed by atoms with Crippen LogP contribution in [0.4, 0.5) is 0 Å². The second kappa shape index (κ2) is 7.28. The summed E-state index contributed by atoms with van der Waals surface area (Å²) in [6, 6.07) is 4.94. The Morgan fingerprint density at radius 3 is 2.78 bits per heavy atom. The lowest BCUT2D eigenvalue weighted by Crippen LogP contribution is -2.26. The number of aryl methyl sites for hydroxylation is 1. The van der Waals surface area contributed by atoms with Gasteiger partial charge in [-0.3, -0.25) is 0 Å². The molecular formula is C17H21N5O4S. The molecular weight excluding hydrogens is 370 g/mol. The smallest absolute Gasteiger partial charge is 0.274 e. The third kappa shape index (κ3) is 3.81. The normalized spacial score (nSPS) is 16.0. The van der Waals surface area contributed by atoms with Crippen molar-refractivity contribution in [2.45, 2.75) is 56.7 Å². The lowest BCUT2D eigenvalue weighted by Gasteiger charge is -2.23. The molecule has 1 aliphatic carbocycles. The van der Waals surface area contributed by atoms with Gasteiger partial charge in [-0.2, -0.15) is 0 Å². The first-order valence-corrected chi connectivity index (χ1v) is 10.4. The summed E-state index contributed by atoms with van der Waals surface area (Å²) in [4.78, 5) is 0. The second-order valence-corrected chi connectivity index (χ2v) is 8.42. The number of nitrogens with one attached hydrogen (secondary N) is 1. The summed E-state index contributed by atoms with van der Waals surface area (Å²) in [6.45, 7) is 1.83. The molecule has 144 valence electrons. The molecule has 3 heterocycles. The number of nitrogens with zero attached hydrogens (tertiary/aromatic N) is 4. The Morgan fingerprint density at radius 1 is 1.22 bits per heavy atom. The molecule has 9 nitrogen and oxygen atoms in total. The molecule has 3 aromatic heterocycles. The zero-order valence-electron chi connectivity index (χ0n) is 15.0. The molecule has 1 saturated carbocycles. The van der Waals surface area contributed by atoms with Crippen LogP contribution in [0.5, 0.6) is 0 Å². The van der Waals surface area contributed by atoms with Gasteiger partial charge in [0.25, 0.3) is 10.0 Å². The molecule has 0 radical (unpaired) electrons. The summed E-state index contributed by atoms with van der Waals surface area (Å²) in [5.41, 5.74) is 0.686. The lowest BCUT2D eigenvalue weighted by molar-refractivity contribution is 0.344. The van der Waals surface area contributed by atoms with E-state index in [1.807, 2.05) is 4.57 Å². The number of sulfonamides is 1. The third-order valence-corrected chi connectivity index (χ3v) is 6.03. The van der Waals surface area contributed by atoms with Crippen LogP contribution >= 0.6 is 0 Å². The first kappa shape index (κ1) is 17.9. The van der Waals surface area contributed by atoms with E-state index in [0.29, 0.717) is 29.1 Å². The highest BCUT2D eigenvalue weighted by Crippen LogP contribution is 2.29. The van der Waals surface area contributed by atoms with Crippen molar-refractivity contribution in [1.82, 2.24) is 24.6 Å². The summed E-state index contributed by atoms with van der Waals surface area (Å²) in [7, 11) is -3.82. The maximum absolute atomic E-state index is 12.6. The van der Waals surface area contributed by atoms with Crippen LogP contribution in [0.15, 0.2) is 38.6 Å². The number of rotatable bonds is 6. The molecule has 0 bridgehead atoms. The number of hydrogen-bond donors (Lipinski definition) is 1. The van der Waals surface area contributed by atoms with Gasteiger partial charge in [0.1, 0.15) is 12.2 Å². The van der Waals surface area contributed by atoms with Crippen molar-refractivity contribution in [1.29, 1.82) is 0 Å². The van der Waals surface area contributed by atoms with Gasteiger partial charge < -0.3 is 13.5 Å². The third-order valence-electron chi connectivity index (χ3n) is 4.75. The molecule has 0 aliphatic heterocycles. The molecule has 0 saturated heterocycles. The molecule has 1 aliphatic rings. The van der Waals surface area contributed by atoms with E-state index in [2.05, 4.69) is 20.1 Å². The Balaban J connectivity index is 1.47. The predicted octanol–water partition coefficient (Wildman–Crippen LogP) is 2.82. The monoisotopic (exact) mass is 391 g/mol. The van der Waals surface area contributed by atoms with Crippen LogP contribution in [0.3, 0.4) is 0 Å². The summed E-state index contributed by atoms with van der Waals surface area (Å²) in [5.74, 6) is 1.29. The maximum atomic E-state index is 12.6. The van der Waals surface area contributed by atoms with E-state index in [1.165, 1.54) is 25.3 Å². The molecule has 4 rings (SSSR count). The van der Waals surface area contributed by atoms with Crippen LogP contribution in [0.25, 0.3) is 11.5 Å². The molecule has 10 heteroatoms. The van der Waals surface area contributed by atoms with Crippen molar-refractivity contribution in [3.8, 4) is 11.5 Å². The van der Waals surface area contributed by atoms with Gasteiger partial charge in [0.15, 0.2) is 5.76 Å². The zero-order valence-corrected chi connectivity index (χ0v) is 15.8. The van der Waals surface area contributed by atoms with Crippen LogP contribution in [0.1, 0.15) is 49.7 Å². The number of furan rings is 1. The van der Waals surface area contributed by atoms with E-state index in [4.69, 9.17) is 8.94 Å². The highest BCUT2D eigenvalue weighted by Gasteiger charge is 2.23. The molecule has 0 aromatic carbocycles. The maximum Gasteiger partial charge on any atom is 0.274 e. The second-order valence-electron chi connectivity index (χ2n) is 6.72. The standard InChI is InChI=1S/C17H21N5O4S/c1-12-9-15(26-21-12)14-7-8-17(25-14)27(23,24)19-10-16-20-18-11-22(16)13-5-3-2-4-6-13/h7-9,11,13,19H,2-6,10H2,1H3. The van der Waals surface area contributed by atoms with Crippen molar-refractivity contribution in [3.05, 3.63) is 36.0 Å². The fourth-order valence-corrected chi connectivity index (χ4v) is 4.27. The molecule has 1 fully saturated rings. The Bertz CT molecular complexity index is 1010. The fraction of sp³-hybridized carbons (Fsp3) is 0.471. The largest absolute Gasteiger partial charge is 0.440 e. The van der Waals surface area contributed by atoms with E-state index in [9.17, 15) is 8.42 Å². The van der Waals surface area contributed by atoms with Gasteiger partial charge in [0, 0.05) is 12.1 Å². The number of hydrogen-bond acceptors (Lipinski definition) is 7. The van der Waals surface area contributed by atoms with Crippen LogP contribution < -0.4 is 4.72 Å². The van der Waals surface area contributed by atoms with E-state index < -0.39 is 10.0 Å². The average molecular weight is 391 g/mol. The topological polar surface area (TPSA) is 116 Å². The summed E-state index contributed by atoms with van der Waals surface area (Å²) >= 11 is 0. The molecule has 0 amide bonds. The zero-order chi connectivity index (χ0) is 18.9. The first-order valence-electron chi connectivity index (χ1n) is 8.94. The molecule has 1 N–H and O–H groups in total. The SMILES string of the molecule is Cc1cc(-c2ccc(S(=O)(=O)NCc3nncn3C3CCCCC3)o2)on1. The minimum Gasteiger partial charge on any atom is -0.440 e. The van der Waals surface area contributed by atoms with Gasteiger partial charge in [0.05, 0.1) is 12.2 Å². The lowest BCUT2D eigenvalue weighted by atomic mass is 9.95. The van der Waals surface area contributed by atoms with Gasteiger partial charge >= 0.3 is 0 Å². The van der Waals surface area contributed by atoms with Gasteiger partial charge in [-0.1, -0.05) is 24.4 Å². The van der Waals surface area contributed by atoms with Crippen LogP contribution in [0, 0.1) is 6.92 Å². The molecule has 3 aromatic rings. The number of aromatic nitrogens is 4.